The number of hydrogen-bond acceptors (Lipinski definition) is 4. The molecule has 0 spiro atoms. The summed E-state index contributed by atoms with van der Waals surface area (Å²) in [6.45, 7) is 4.03. The molecule has 0 radical (unpaired) electrons. The van der Waals surface area contributed by atoms with Gasteiger partial charge < -0.3 is 16.3 Å². The third kappa shape index (κ3) is 4.04. The van der Waals surface area contributed by atoms with E-state index in [9.17, 15) is 4.79 Å². The summed E-state index contributed by atoms with van der Waals surface area (Å²) in [5.41, 5.74) is 5.01. The first kappa shape index (κ1) is 17.1. The molecule has 116 valence electrons. The maximum atomic E-state index is 12.7. The number of oxime groups is 1. The maximum absolute atomic E-state index is 12.7. The van der Waals surface area contributed by atoms with Crippen molar-refractivity contribution < 1.29 is 10.0 Å². The van der Waals surface area contributed by atoms with Crippen LogP contribution in [0, 0.1) is 5.41 Å². The summed E-state index contributed by atoms with van der Waals surface area (Å²) < 4.78 is 0. The molecule has 6 heteroatoms. The van der Waals surface area contributed by atoms with E-state index >= 15 is 0 Å². The van der Waals surface area contributed by atoms with Gasteiger partial charge in [-0.3, -0.25) is 4.79 Å². The minimum Gasteiger partial charge on any atom is -0.409 e. The molecule has 0 saturated carbocycles. The van der Waals surface area contributed by atoms with Crippen LogP contribution in [0.5, 0.6) is 0 Å². The Kier molecular flexibility index (Phi) is 7.19. The zero-order chi connectivity index (χ0) is 15.0. The summed E-state index contributed by atoms with van der Waals surface area (Å²) in [5, 5.41) is 15.3. The molecular weight excluding hydrogens is 274 g/mol. The molecule has 1 aliphatic rings. The summed E-state index contributed by atoms with van der Waals surface area (Å²) in [6, 6.07) is 0.225. The average molecular weight is 301 g/mol. The molecule has 0 bridgehead atoms. The van der Waals surface area contributed by atoms with Crippen LogP contribution in [0.3, 0.4) is 0 Å². The highest BCUT2D eigenvalue weighted by molar-refractivity contribution is 7.99. The minimum absolute atomic E-state index is 0.0453. The van der Waals surface area contributed by atoms with E-state index in [0.29, 0.717) is 12.8 Å². The van der Waals surface area contributed by atoms with Crippen molar-refractivity contribution in [1.82, 2.24) is 5.32 Å². The van der Waals surface area contributed by atoms with Crippen LogP contribution >= 0.6 is 11.8 Å². The van der Waals surface area contributed by atoms with Gasteiger partial charge in [-0.1, -0.05) is 31.8 Å². The van der Waals surface area contributed by atoms with Gasteiger partial charge in [0.25, 0.3) is 0 Å². The Morgan fingerprint density at radius 1 is 1.35 bits per heavy atom. The molecule has 0 aliphatic carbocycles. The van der Waals surface area contributed by atoms with Crippen molar-refractivity contribution in [2.45, 2.75) is 58.4 Å². The topological polar surface area (TPSA) is 87.7 Å². The summed E-state index contributed by atoms with van der Waals surface area (Å²) in [4.78, 5) is 12.7. The fourth-order valence-corrected chi connectivity index (χ4v) is 3.95. The second-order valence-corrected chi connectivity index (χ2v) is 6.65. The smallest absolute Gasteiger partial charge is 0.234 e. The Labute approximate surface area is 125 Å². The van der Waals surface area contributed by atoms with Gasteiger partial charge in [0.05, 0.1) is 0 Å². The van der Waals surface area contributed by atoms with Crippen LogP contribution in [0.15, 0.2) is 5.16 Å². The summed E-state index contributed by atoms with van der Waals surface area (Å²) in [6.07, 6.45) is 4.88. The average Bonchev–Trinajstić information content (AvgIpc) is 2.47. The number of carbonyl (C=O) groups is 1. The van der Waals surface area contributed by atoms with Crippen molar-refractivity contribution >= 4 is 23.5 Å². The normalized spacial score (nSPS) is 18.0. The molecule has 0 aromatic rings. The molecule has 0 atom stereocenters. The highest BCUT2D eigenvalue weighted by atomic mass is 32.2. The second-order valence-electron chi connectivity index (χ2n) is 5.43. The van der Waals surface area contributed by atoms with E-state index in [1.807, 2.05) is 25.6 Å². The van der Waals surface area contributed by atoms with Crippen LogP contribution in [-0.4, -0.2) is 34.5 Å². The first-order chi connectivity index (χ1) is 9.60. The van der Waals surface area contributed by atoms with Gasteiger partial charge in [0.2, 0.25) is 5.91 Å². The second kappa shape index (κ2) is 8.39. The first-order valence-corrected chi connectivity index (χ1v) is 8.62. The van der Waals surface area contributed by atoms with E-state index in [4.69, 9.17) is 10.9 Å². The number of nitrogens with zero attached hydrogens (tertiary/aromatic N) is 1. The molecule has 1 rings (SSSR count). The number of thioether (sulfide) groups is 1. The zero-order valence-corrected chi connectivity index (χ0v) is 13.3. The van der Waals surface area contributed by atoms with Gasteiger partial charge in [0.15, 0.2) is 5.84 Å². The third-order valence-corrected chi connectivity index (χ3v) is 4.99. The SMILES string of the molecule is CCCC(CCC)(C(=O)NC1CCSCC1)C(N)=NO. The highest BCUT2D eigenvalue weighted by Gasteiger charge is 2.42. The van der Waals surface area contributed by atoms with Gasteiger partial charge in [-0.25, -0.2) is 0 Å². The number of hydrogen-bond donors (Lipinski definition) is 3. The van der Waals surface area contributed by atoms with Crippen molar-refractivity contribution in [2.24, 2.45) is 16.3 Å². The van der Waals surface area contributed by atoms with Gasteiger partial charge in [0, 0.05) is 6.04 Å². The molecule has 1 aliphatic heterocycles. The van der Waals surface area contributed by atoms with E-state index in [-0.39, 0.29) is 17.8 Å². The van der Waals surface area contributed by atoms with Crippen molar-refractivity contribution in [1.29, 1.82) is 0 Å². The van der Waals surface area contributed by atoms with Crippen molar-refractivity contribution in [3.8, 4) is 0 Å². The molecule has 1 heterocycles. The van der Waals surface area contributed by atoms with E-state index in [1.165, 1.54) is 0 Å². The largest absolute Gasteiger partial charge is 0.409 e. The highest BCUT2D eigenvalue weighted by Crippen LogP contribution is 2.31. The lowest BCUT2D eigenvalue weighted by molar-refractivity contribution is -0.129. The maximum Gasteiger partial charge on any atom is 0.234 e. The van der Waals surface area contributed by atoms with Crippen LogP contribution in [0.1, 0.15) is 52.4 Å². The molecule has 1 amide bonds. The van der Waals surface area contributed by atoms with Crippen LogP contribution in [0.2, 0.25) is 0 Å². The predicted molar refractivity (Wildman–Crippen MR) is 84.1 cm³/mol. The van der Waals surface area contributed by atoms with Gasteiger partial charge in [-0.2, -0.15) is 11.8 Å². The quantitative estimate of drug-likeness (QED) is 0.291. The number of nitrogens with one attached hydrogen (secondary N) is 1. The van der Waals surface area contributed by atoms with Crippen LogP contribution in [-0.2, 0) is 4.79 Å². The Morgan fingerprint density at radius 2 is 1.90 bits per heavy atom. The van der Waals surface area contributed by atoms with Gasteiger partial charge in [0.1, 0.15) is 5.41 Å². The number of rotatable bonds is 7. The Hall–Kier alpha value is -0.910. The third-order valence-electron chi connectivity index (χ3n) is 3.94. The van der Waals surface area contributed by atoms with E-state index in [0.717, 1.165) is 37.2 Å². The van der Waals surface area contributed by atoms with E-state index in [1.54, 1.807) is 0 Å². The standard InChI is InChI=1S/C14H27N3O2S/c1-3-7-14(8-4-2,12(15)17-19)13(18)16-11-5-9-20-10-6-11/h11,19H,3-10H2,1-2H3,(H2,15,17)(H,16,18). The molecule has 4 N–H and O–H groups in total. The van der Waals surface area contributed by atoms with Gasteiger partial charge in [-0.15, -0.1) is 0 Å². The zero-order valence-electron chi connectivity index (χ0n) is 12.5. The molecule has 1 saturated heterocycles. The van der Waals surface area contributed by atoms with Crippen LogP contribution < -0.4 is 11.1 Å². The number of amides is 1. The Bertz CT molecular complexity index is 335. The van der Waals surface area contributed by atoms with Gasteiger partial charge in [-0.05, 0) is 37.2 Å². The molecule has 0 unspecified atom stereocenters. The lowest BCUT2D eigenvalue weighted by Gasteiger charge is -2.33. The molecule has 5 nitrogen and oxygen atoms in total. The lowest BCUT2D eigenvalue weighted by atomic mass is 9.77. The monoisotopic (exact) mass is 301 g/mol. The summed E-state index contributed by atoms with van der Waals surface area (Å²) in [5.74, 6) is 2.14. The van der Waals surface area contributed by atoms with E-state index in [2.05, 4.69) is 10.5 Å². The number of nitrogens with two attached hydrogens (primary N) is 1. The van der Waals surface area contributed by atoms with Crippen LogP contribution in [0.25, 0.3) is 0 Å². The lowest BCUT2D eigenvalue weighted by Crippen LogP contribution is -2.53. The Balaban J connectivity index is 2.86. The predicted octanol–water partition coefficient (Wildman–Crippen LogP) is 2.33. The molecule has 1 fully saturated rings. The molecular formula is C14H27N3O2S. The fourth-order valence-electron chi connectivity index (χ4n) is 2.84. The van der Waals surface area contributed by atoms with Crippen LogP contribution in [0.4, 0.5) is 0 Å². The Morgan fingerprint density at radius 3 is 2.35 bits per heavy atom. The van der Waals surface area contributed by atoms with Crippen molar-refractivity contribution in [2.75, 3.05) is 11.5 Å². The molecule has 0 aromatic carbocycles. The van der Waals surface area contributed by atoms with E-state index < -0.39 is 5.41 Å². The van der Waals surface area contributed by atoms with Gasteiger partial charge >= 0.3 is 0 Å². The summed E-state index contributed by atoms with van der Waals surface area (Å²) in [7, 11) is 0. The number of carbonyl (C=O) groups excluding carboxylic acids is 1. The molecule has 0 aromatic heterocycles. The summed E-state index contributed by atoms with van der Waals surface area (Å²) >= 11 is 1.92. The van der Waals surface area contributed by atoms with Crippen molar-refractivity contribution in [3.05, 3.63) is 0 Å². The fraction of sp³-hybridized carbons (Fsp3) is 0.857. The number of amidine groups is 1. The molecule has 20 heavy (non-hydrogen) atoms. The van der Waals surface area contributed by atoms with Crippen molar-refractivity contribution in [3.63, 3.8) is 0 Å². The minimum atomic E-state index is -0.858. The first-order valence-electron chi connectivity index (χ1n) is 7.47.